The van der Waals surface area contributed by atoms with Crippen LogP contribution in [0.1, 0.15) is 20.8 Å². The first-order valence-corrected chi connectivity index (χ1v) is 8.31. The van der Waals surface area contributed by atoms with Crippen molar-refractivity contribution < 1.29 is 9.47 Å². The highest BCUT2D eigenvalue weighted by Gasteiger charge is 2.22. The Labute approximate surface area is 135 Å². The van der Waals surface area contributed by atoms with E-state index in [1.54, 1.807) is 0 Å². The normalized spacial score (nSPS) is 16.5. The summed E-state index contributed by atoms with van der Waals surface area (Å²) < 4.78 is 11.2. The minimum absolute atomic E-state index is 0.167. The van der Waals surface area contributed by atoms with Gasteiger partial charge in [0.25, 0.3) is 0 Å². The highest BCUT2D eigenvalue weighted by Crippen LogP contribution is 2.44. The summed E-state index contributed by atoms with van der Waals surface area (Å²) >= 11 is 7.54. The molecule has 0 saturated heterocycles. The molecule has 3 rings (SSSR count). The fourth-order valence-electron chi connectivity index (χ4n) is 2.21. The monoisotopic (exact) mass is 396 g/mol. The third kappa shape index (κ3) is 2.86. The molecule has 2 aromatic carbocycles. The van der Waals surface area contributed by atoms with E-state index in [9.17, 15) is 0 Å². The molecule has 4 heteroatoms. The fraction of sp³-hybridized carbons (Fsp3) is 0.250. The van der Waals surface area contributed by atoms with Gasteiger partial charge < -0.3 is 9.47 Å². The van der Waals surface area contributed by atoms with E-state index >= 15 is 0 Å². The molecule has 0 fully saturated rings. The smallest absolute Gasteiger partial charge is 0.161 e. The second-order valence-electron chi connectivity index (χ2n) is 4.62. The summed E-state index contributed by atoms with van der Waals surface area (Å²) in [6.45, 7) is 1.23. The summed E-state index contributed by atoms with van der Waals surface area (Å²) in [5.41, 5.74) is 2.41. The first-order chi connectivity index (χ1) is 9.75. The predicted octanol–water partition coefficient (Wildman–Crippen LogP) is 5.03. The Morgan fingerprint density at radius 1 is 0.750 bits per heavy atom. The average molecular weight is 398 g/mol. The summed E-state index contributed by atoms with van der Waals surface area (Å²) in [7, 11) is 0. The fourth-order valence-corrected chi connectivity index (χ4v) is 3.41. The molecule has 0 saturated carbocycles. The zero-order valence-corrected chi connectivity index (χ0v) is 13.9. The van der Waals surface area contributed by atoms with Crippen molar-refractivity contribution in [2.24, 2.45) is 0 Å². The van der Waals surface area contributed by atoms with Gasteiger partial charge in [-0.2, -0.15) is 0 Å². The predicted molar refractivity (Wildman–Crippen MR) is 87.2 cm³/mol. The van der Waals surface area contributed by atoms with E-state index in [1.165, 1.54) is 11.1 Å². The van der Waals surface area contributed by atoms with Crippen LogP contribution in [0.15, 0.2) is 48.5 Å². The van der Waals surface area contributed by atoms with Crippen molar-refractivity contribution in [3.63, 3.8) is 0 Å². The Hall–Kier alpha value is -1.00. The van der Waals surface area contributed by atoms with Crippen molar-refractivity contribution in [2.75, 3.05) is 13.2 Å². The number of hydrogen-bond acceptors (Lipinski definition) is 2. The highest BCUT2D eigenvalue weighted by molar-refractivity contribution is 9.12. The first-order valence-electron chi connectivity index (χ1n) is 6.48. The van der Waals surface area contributed by atoms with E-state index in [0.29, 0.717) is 13.2 Å². The zero-order valence-electron chi connectivity index (χ0n) is 10.8. The molecule has 0 radical (unpaired) electrons. The second-order valence-corrected chi connectivity index (χ2v) is 6.59. The van der Waals surface area contributed by atoms with Crippen LogP contribution in [0.25, 0.3) is 0 Å². The SMILES string of the molecule is Br[C@@H](c1ccccc1)[C@@H](Br)c1ccc2c(c1)OCCO2. The lowest BCUT2D eigenvalue weighted by Crippen LogP contribution is -2.15. The Morgan fingerprint density at radius 3 is 2.15 bits per heavy atom. The van der Waals surface area contributed by atoms with E-state index in [0.717, 1.165) is 11.5 Å². The lowest BCUT2D eigenvalue weighted by atomic mass is 10.0. The van der Waals surface area contributed by atoms with Gasteiger partial charge in [-0.15, -0.1) is 0 Å². The van der Waals surface area contributed by atoms with Crippen LogP contribution in [0, 0.1) is 0 Å². The largest absolute Gasteiger partial charge is 0.486 e. The molecular weight excluding hydrogens is 384 g/mol. The molecule has 1 heterocycles. The van der Waals surface area contributed by atoms with Gasteiger partial charge in [-0.05, 0) is 23.3 Å². The van der Waals surface area contributed by atoms with Gasteiger partial charge in [-0.25, -0.2) is 0 Å². The van der Waals surface area contributed by atoms with Gasteiger partial charge in [0.15, 0.2) is 11.5 Å². The van der Waals surface area contributed by atoms with Crippen LogP contribution in [0.2, 0.25) is 0 Å². The molecule has 0 unspecified atom stereocenters. The summed E-state index contributed by atoms with van der Waals surface area (Å²) in [4.78, 5) is 0.368. The molecule has 0 aliphatic carbocycles. The Kier molecular flexibility index (Phi) is 4.32. The molecule has 0 N–H and O–H groups in total. The molecule has 2 atom stereocenters. The van der Waals surface area contributed by atoms with Crippen molar-refractivity contribution >= 4 is 31.9 Å². The molecule has 0 spiro atoms. The first kappa shape index (κ1) is 14.0. The van der Waals surface area contributed by atoms with Gasteiger partial charge in [0.2, 0.25) is 0 Å². The summed E-state index contributed by atoms with van der Waals surface area (Å²) in [6, 6.07) is 16.5. The third-order valence-corrected chi connectivity index (χ3v) is 6.08. The number of hydrogen-bond donors (Lipinski definition) is 0. The third-order valence-electron chi connectivity index (χ3n) is 3.26. The van der Waals surface area contributed by atoms with Crippen molar-refractivity contribution in [3.8, 4) is 11.5 Å². The molecule has 20 heavy (non-hydrogen) atoms. The second kappa shape index (κ2) is 6.19. The van der Waals surface area contributed by atoms with Crippen molar-refractivity contribution in [1.82, 2.24) is 0 Å². The minimum Gasteiger partial charge on any atom is -0.486 e. The summed E-state index contributed by atoms with van der Waals surface area (Å²) in [6.07, 6.45) is 0. The van der Waals surface area contributed by atoms with Crippen LogP contribution in [0.4, 0.5) is 0 Å². The minimum atomic E-state index is 0.167. The van der Waals surface area contributed by atoms with Gasteiger partial charge in [-0.3, -0.25) is 0 Å². The van der Waals surface area contributed by atoms with Gasteiger partial charge in [0, 0.05) is 0 Å². The lowest BCUT2D eigenvalue weighted by molar-refractivity contribution is 0.171. The van der Waals surface area contributed by atoms with E-state index in [2.05, 4.69) is 50.1 Å². The van der Waals surface area contributed by atoms with Crippen LogP contribution < -0.4 is 9.47 Å². The maximum Gasteiger partial charge on any atom is 0.161 e. The van der Waals surface area contributed by atoms with E-state index < -0.39 is 0 Å². The van der Waals surface area contributed by atoms with Crippen LogP contribution in [0.5, 0.6) is 11.5 Å². The standard InChI is InChI=1S/C16H14Br2O2/c17-15(11-4-2-1-3-5-11)16(18)12-6-7-13-14(10-12)20-9-8-19-13/h1-7,10,15-16H,8-9H2/t15-,16-/m0/s1. The average Bonchev–Trinajstić information content (AvgIpc) is 2.54. The van der Waals surface area contributed by atoms with Crippen LogP contribution in [-0.2, 0) is 0 Å². The Balaban J connectivity index is 1.85. The van der Waals surface area contributed by atoms with Gasteiger partial charge >= 0.3 is 0 Å². The van der Waals surface area contributed by atoms with E-state index in [-0.39, 0.29) is 9.65 Å². The van der Waals surface area contributed by atoms with E-state index in [4.69, 9.17) is 9.47 Å². The molecular formula is C16H14Br2O2. The molecule has 1 aliphatic heterocycles. The molecule has 2 aromatic rings. The summed E-state index contributed by atoms with van der Waals surface area (Å²) in [5, 5.41) is 0. The topological polar surface area (TPSA) is 18.5 Å². The number of ether oxygens (including phenoxy) is 2. The maximum absolute atomic E-state index is 5.64. The number of rotatable bonds is 3. The molecule has 0 bridgehead atoms. The van der Waals surface area contributed by atoms with Crippen LogP contribution in [-0.4, -0.2) is 13.2 Å². The Bertz CT molecular complexity index is 586. The Morgan fingerprint density at radius 2 is 1.40 bits per heavy atom. The molecule has 2 nitrogen and oxygen atoms in total. The van der Waals surface area contributed by atoms with Crippen molar-refractivity contribution in [3.05, 3.63) is 59.7 Å². The maximum atomic E-state index is 5.64. The van der Waals surface area contributed by atoms with Crippen molar-refractivity contribution in [1.29, 1.82) is 0 Å². The van der Waals surface area contributed by atoms with Crippen LogP contribution in [0.3, 0.4) is 0 Å². The molecule has 0 amide bonds. The number of alkyl halides is 2. The van der Waals surface area contributed by atoms with E-state index in [1.807, 2.05) is 30.3 Å². The number of fused-ring (bicyclic) bond motifs is 1. The van der Waals surface area contributed by atoms with Crippen LogP contribution >= 0.6 is 31.9 Å². The van der Waals surface area contributed by atoms with Gasteiger partial charge in [-0.1, -0.05) is 68.3 Å². The summed E-state index contributed by atoms with van der Waals surface area (Å²) in [5.74, 6) is 1.65. The van der Waals surface area contributed by atoms with Gasteiger partial charge in [0.1, 0.15) is 13.2 Å². The molecule has 104 valence electrons. The molecule has 0 aromatic heterocycles. The zero-order chi connectivity index (χ0) is 13.9. The van der Waals surface area contributed by atoms with Gasteiger partial charge in [0.05, 0.1) is 9.65 Å². The molecule has 1 aliphatic rings. The number of benzene rings is 2. The lowest BCUT2D eigenvalue weighted by Gasteiger charge is -2.22. The highest BCUT2D eigenvalue weighted by atomic mass is 79.9. The number of halogens is 2. The van der Waals surface area contributed by atoms with Crippen molar-refractivity contribution in [2.45, 2.75) is 9.65 Å². The quantitative estimate of drug-likeness (QED) is 0.676.